The second-order valence-electron chi connectivity index (χ2n) is 3.75. The lowest BCUT2D eigenvalue weighted by atomic mass is 10.2. The fraction of sp³-hybridized carbons (Fsp3) is 0.333. The number of ketones is 1. The molecule has 0 aliphatic rings. The summed E-state index contributed by atoms with van der Waals surface area (Å²) in [6, 6.07) is 4.39. The van der Waals surface area contributed by atoms with Gasteiger partial charge in [0.25, 0.3) is 5.69 Å². The first-order valence-corrected chi connectivity index (χ1v) is 5.63. The van der Waals surface area contributed by atoms with Gasteiger partial charge in [0.2, 0.25) is 0 Å². The minimum absolute atomic E-state index is 0.129. The number of nitrogens with one attached hydrogen (secondary N) is 1. The standard InChI is InChI=1S/C12H14N2O5/c1-3-19-12(16)11(8(2)15)13-9-5-4-6-10(7-9)14(17)18/h4-7,11,13H,3H2,1-2H3. The fourth-order valence-corrected chi connectivity index (χ4v) is 1.43. The van der Waals surface area contributed by atoms with Crippen molar-refractivity contribution < 1.29 is 19.2 Å². The van der Waals surface area contributed by atoms with Crippen molar-refractivity contribution in [3.8, 4) is 0 Å². The Hall–Kier alpha value is -2.44. The van der Waals surface area contributed by atoms with Gasteiger partial charge < -0.3 is 10.1 Å². The second kappa shape index (κ2) is 6.48. The normalized spacial score (nSPS) is 11.5. The largest absolute Gasteiger partial charge is 0.464 e. The van der Waals surface area contributed by atoms with Crippen LogP contribution < -0.4 is 5.32 Å². The maximum Gasteiger partial charge on any atom is 0.336 e. The third-order valence-corrected chi connectivity index (χ3v) is 2.30. The molecule has 0 fully saturated rings. The number of rotatable bonds is 6. The van der Waals surface area contributed by atoms with Crippen molar-refractivity contribution in [2.24, 2.45) is 0 Å². The van der Waals surface area contributed by atoms with Crippen LogP contribution in [0.15, 0.2) is 24.3 Å². The van der Waals surface area contributed by atoms with Gasteiger partial charge in [-0.05, 0) is 19.9 Å². The quantitative estimate of drug-likeness (QED) is 0.363. The number of hydrogen-bond acceptors (Lipinski definition) is 6. The van der Waals surface area contributed by atoms with E-state index in [0.29, 0.717) is 5.69 Å². The Morgan fingerprint density at radius 1 is 1.47 bits per heavy atom. The number of carbonyl (C=O) groups is 2. The van der Waals surface area contributed by atoms with Crippen LogP contribution in [0, 0.1) is 10.1 Å². The minimum atomic E-state index is -1.16. The lowest BCUT2D eigenvalue weighted by Gasteiger charge is -2.15. The molecule has 0 aliphatic carbocycles. The van der Waals surface area contributed by atoms with Crippen LogP contribution in [0.5, 0.6) is 0 Å². The van der Waals surface area contributed by atoms with Gasteiger partial charge in [-0.15, -0.1) is 0 Å². The van der Waals surface area contributed by atoms with E-state index in [2.05, 4.69) is 5.32 Å². The number of benzene rings is 1. The summed E-state index contributed by atoms with van der Waals surface area (Å²) in [6.07, 6.45) is 0. The number of carbonyl (C=O) groups excluding carboxylic acids is 2. The Morgan fingerprint density at radius 3 is 2.68 bits per heavy atom. The van der Waals surface area contributed by atoms with Gasteiger partial charge in [0.1, 0.15) is 0 Å². The number of nitrogens with zero attached hydrogens (tertiary/aromatic N) is 1. The number of anilines is 1. The van der Waals surface area contributed by atoms with Gasteiger partial charge in [0, 0.05) is 17.8 Å². The number of ether oxygens (including phenoxy) is 1. The summed E-state index contributed by atoms with van der Waals surface area (Å²) < 4.78 is 4.76. The maximum atomic E-state index is 11.6. The van der Waals surface area contributed by atoms with E-state index in [0.717, 1.165) is 0 Å². The highest BCUT2D eigenvalue weighted by Crippen LogP contribution is 2.18. The maximum absolute atomic E-state index is 11.6. The smallest absolute Gasteiger partial charge is 0.336 e. The van der Waals surface area contributed by atoms with E-state index in [-0.39, 0.29) is 12.3 Å². The van der Waals surface area contributed by atoms with E-state index < -0.39 is 22.7 Å². The summed E-state index contributed by atoms with van der Waals surface area (Å²) in [6.45, 7) is 3.02. The molecule has 0 aliphatic heterocycles. The van der Waals surface area contributed by atoms with Crippen molar-refractivity contribution in [1.29, 1.82) is 0 Å². The highest BCUT2D eigenvalue weighted by atomic mass is 16.6. The van der Waals surface area contributed by atoms with Crippen molar-refractivity contribution in [1.82, 2.24) is 0 Å². The molecule has 0 bridgehead atoms. The fourth-order valence-electron chi connectivity index (χ4n) is 1.43. The molecule has 0 radical (unpaired) electrons. The van der Waals surface area contributed by atoms with Crippen molar-refractivity contribution in [2.75, 3.05) is 11.9 Å². The lowest BCUT2D eigenvalue weighted by Crippen LogP contribution is -2.37. The van der Waals surface area contributed by atoms with Crippen LogP contribution in [0.3, 0.4) is 0 Å². The number of Topliss-reactive ketones (excluding diaryl/α,β-unsaturated/α-hetero) is 1. The molecule has 0 saturated carbocycles. The monoisotopic (exact) mass is 266 g/mol. The van der Waals surface area contributed by atoms with Crippen LogP contribution >= 0.6 is 0 Å². The van der Waals surface area contributed by atoms with Crippen LogP contribution in [0.4, 0.5) is 11.4 Å². The summed E-state index contributed by atoms with van der Waals surface area (Å²) >= 11 is 0. The zero-order valence-electron chi connectivity index (χ0n) is 10.6. The van der Waals surface area contributed by atoms with E-state index in [4.69, 9.17) is 4.74 Å². The average Bonchev–Trinajstić information content (AvgIpc) is 2.36. The second-order valence-corrected chi connectivity index (χ2v) is 3.75. The number of hydrogen-bond donors (Lipinski definition) is 1. The first-order valence-electron chi connectivity index (χ1n) is 5.63. The van der Waals surface area contributed by atoms with Gasteiger partial charge in [0.05, 0.1) is 11.5 Å². The molecule has 19 heavy (non-hydrogen) atoms. The van der Waals surface area contributed by atoms with Crippen molar-refractivity contribution in [3.63, 3.8) is 0 Å². The molecule has 0 saturated heterocycles. The molecule has 0 heterocycles. The van der Waals surface area contributed by atoms with Crippen LogP contribution in [-0.4, -0.2) is 29.3 Å². The average molecular weight is 266 g/mol. The topological polar surface area (TPSA) is 98.5 Å². The molecule has 0 aromatic heterocycles. The van der Waals surface area contributed by atoms with Crippen molar-refractivity contribution >= 4 is 23.1 Å². The SMILES string of the molecule is CCOC(=O)C(Nc1cccc([N+](=O)[O-])c1)C(C)=O. The van der Waals surface area contributed by atoms with Crippen molar-refractivity contribution in [2.45, 2.75) is 19.9 Å². The van der Waals surface area contributed by atoms with Crippen LogP contribution in [-0.2, 0) is 14.3 Å². The Kier molecular flexibility index (Phi) is 4.99. The van der Waals surface area contributed by atoms with E-state index in [1.54, 1.807) is 6.92 Å². The molecular weight excluding hydrogens is 252 g/mol. The third kappa shape index (κ3) is 4.06. The Bertz CT molecular complexity index is 501. The van der Waals surface area contributed by atoms with Gasteiger partial charge in [-0.3, -0.25) is 14.9 Å². The van der Waals surface area contributed by atoms with Crippen LogP contribution in [0.1, 0.15) is 13.8 Å². The molecule has 0 amide bonds. The van der Waals surface area contributed by atoms with Gasteiger partial charge in [-0.2, -0.15) is 0 Å². The number of non-ortho nitro benzene ring substituents is 1. The lowest BCUT2D eigenvalue weighted by molar-refractivity contribution is -0.384. The molecule has 1 aromatic rings. The summed E-state index contributed by atoms with van der Waals surface area (Å²) in [5.74, 6) is -1.13. The highest BCUT2D eigenvalue weighted by molar-refractivity contribution is 6.04. The van der Waals surface area contributed by atoms with Gasteiger partial charge in [-0.1, -0.05) is 6.07 Å². The van der Waals surface area contributed by atoms with Crippen LogP contribution in [0.25, 0.3) is 0 Å². The first kappa shape index (κ1) is 14.6. The van der Waals surface area contributed by atoms with E-state index in [1.165, 1.54) is 31.2 Å². The molecule has 102 valence electrons. The summed E-state index contributed by atoms with van der Waals surface area (Å²) in [5.41, 5.74) is 0.179. The van der Waals surface area contributed by atoms with Crippen LogP contribution in [0.2, 0.25) is 0 Å². The molecule has 0 spiro atoms. The van der Waals surface area contributed by atoms with Gasteiger partial charge in [0.15, 0.2) is 11.8 Å². The molecule has 7 heteroatoms. The Labute approximate surface area is 109 Å². The zero-order chi connectivity index (χ0) is 14.4. The van der Waals surface area contributed by atoms with E-state index in [9.17, 15) is 19.7 Å². The number of nitro benzene ring substituents is 1. The molecule has 1 aromatic carbocycles. The summed E-state index contributed by atoms with van der Waals surface area (Å²) in [4.78, 5) is 33.0. The number of esters is 1. The third-order valence-electron chi connectivity index (χ3n) is 2.30. The number of nitro groups is 1. The van der Waals surface area contributed by atoms with Crippen molar-refractivity contribution in [3.05, 3.63) is 34.4 Å². The predicted octanol–water partition coefficient (Wildman–Crippen LogP) is 1.53. The Balaban J connectivity index is 2.91. The highest BCUT2D eigenvalue weighted by Gasteiger charge is 2.24. The van der Waals surface area contributed by atoms with E-state index >= 15 is 0 Å². The summed E-state index contributed by atoms with van der Waals surface area (Å²) in [7, 11) is 0. The zero-order valence-corrected chi connectivity index (χ0v) is 10.6. The van der Waals surface area contributed by atoms with Gasteiger partial charge >= 0.3 is 5.97 Å². The Morgan fingerprint density at radius 2 is 2.16 bits per heavy atom. The molecule has 1 unspecified atom stereocenters. The molecule has 1 N–H and O–H groups in total. The molecular formula is C12H14N2O5. The first-order chi connectivity index (χ1) is 8.95. The molecule has 1 rings (SSSR count). The predicted molar refractivity (Wildman–Crippen MR) is 67.8 cm³/mol. The van der Waals surface area contributed by atoms with E-state index in [1.807, 2.05) is 0 Å². The summed E-state index contributed by atoms with van der Waals surface area (Å²) in [5, 5.41) is 13.3. The minimum Gasteiger partial charge on any atom is -0.464 e. The van der Waals surface area contributed by atoms with Gasteiger partial charge in [-0.25, -0.2) is 4.79 Å². The molecule has 7 nitrogen and oxygen atoms in total. The molecule has 1 atom stereocenters.